The number of carbonyl (C=O) groups is 2. The standard InChI is InChI=1S/C18H20BrClN2O2/c1-2-16(23)22-7-3-12(4-8-22)17(24)21-18(5-6-18)13-9-14(19)11-15(20)10-13/h2,9-12H,1,3-8H2,(H,21,24). The van der Waals surface area contributed by atoms with E-state index >= 15 is 0 Å². The van der Waals surface area contributed by atoms with Gasteiger partial charge in [0.25, 0.3) is 0 Å². The van der Waals surface area contributed by atoms with Gasteiger partial charge in [0.1, 0.15) is 0 Å². The van der Waals surface area contributed by atoms with Gasteiger partial charge in [-0.2, -0.15) is 0 Å². The van der Waals surface area contributed by atoms with Crippen LogP contribution in [-0.4, -0.2) is 29.8 Å². The second kappa shape index (κ2) is 6.89. The second-order valence-corrected chi connectivity index (χ2v) is 7.89. The Hall–Kier alpha value is -1.33. The molecule has 1 saturated heterocycles. The van der Waals surface area contributed by atoms with Crippen molar-refractivity contribution in [3.05, 3.63) is 45.9 Å². The van der Waals surface area contributed by atoms with E-state index in [1.165, 1.54) is 6.08 Å². The molecule has 6 heteroatoms. The fraction of sp³-hybridized carbons (Fsp3) is 0.444. The predicted molar refractivity (Wildman–Crippen MR) is 97.7 cm³/mol. The molecule has 3 rings (SSSR count). The first-order valence-electron chi connectivity index (χ1n) is 8.13. The van der Waals surface area contributed by atoms with E-state index in [1.807, 2.05) is 18.2 Å². The molecule has 1 N–H and O–H groups in total. The number of piperidine rings is 1. The Labute approximate surface area is 155 Å². The lowest BCUT2D eigenvalue weighted by Gasteiger charge is -2.31. The van der Waals surface area contributed by atoms with Crippen LogP contribution in [0.5, 0.6) is 0 Å². The Bertz CT molecular complexity index is 659. The molecule has 1 aliphatic carbocycles. The first-order valence-corrected chi connectivity index (χ1v) is 9.30. The van der Waals surface area contributed by atoms with Crippen LogP contribution in [0.3, 0.4) is 0 Å². The van der Waals surface area contributed by atoms with E-state index < -0.39 is 0 Å². The minimum absolute atomic E-state index is 0.0426. The molecule has 1 aliphatic heterocycles. The van der Waals surface area contributed by atoms with Crippen molar-refractivity contribution in [2.45, 2.75) is 31.2 Å². The van der Waals surface area contributed by atoms with Gasteiger partial charge in [0.05, 0.1) is 5.54 Å². The number of benzene rings is 1. The smallest absolute Gasteiger partial charge is 0.245 e. The number of hydrogen-bond acceptors (Lipinski definition) is 2. The van der Waals surface area contributed by atoms with E-state index in [1.54, 1.807) is 4.90 Å². The van der Waals surface area contributed by atoms with E-state index in [0.29, 0.717) is 31.0 Å². The van der Waals surface area contributed by atoms with Gasteiger partial charge in [0, 0.05) is 28.5 Å². The highest BCUT2D eigenvalue weighted by Crippen LogP contribution is 2.47. The molecule has 1 aromatic carbocycles. The van der Waals surface area contributed by atoms with E-state index in [4.69, 9.17) is 11.6 Å². The monoisotopic (exact) mass is 410 g/mol. The fourth-order valence-electron chi connectivity index (χ4n) is 3.27. The van der Waals surface area contributed by atoms with Crippen LogP contribution in [0.2, 0.25) is 5.02 Å². The number of rotatable bonds is 4. The van der Waals surface area contributed by atoms with Crippen molar-refractivity contribution in [2.24, 2.45) is 5.92 Å². The van der Waals surface area contributed by atoms with Crippen LogP contribution < -0.4 is 5.32 Å². The van der Waals surface area contributed by atoms with Gasteiger partial charge in [-0.25, -0.2) is 0 Å². The summed E-state index contributed by atoms with van der Waals surface area (Å²) < 4.78 is 0.918. The molecule has 1 aromatic rings. The van der Waals surface area contributed by atoms with Crippen molar-refractivity contribution in [2.75, 3.05) is 13.1 Å². The minimum Gasteiger partial charge on any atom is -0.346 e. The second-order valence-electron chi connectivity index (χ2n) is 6.53. The molecule has 4 nitrogen and oxygen atoms in total. The third-order valence-electron chi connectivity index (χ3n) is 4.88. The largest absolute Gasteiger partial charge is 0.346 e. The van der Waals surface area contributed by atoms with Crippen LogP contribution in [0.15, 0.2) is 35.3 Å². The van der Waals surface area contributed by atoms with Gasteiger partial charge in [-0.15, -0.1) is 0 Å². The van der Waals surface area contributed by atoms with E-state index in [2.05, 4.69) is 27.8 Å². The highest BCUT2D eigenvalue weighted by atomic mass is 79.9. The third kappa shape index (κ3) is 3.67. The molecular weight excluding hydrogens is 392 g/mol. The molecule has 0 aromatic heterocycles. The predicted octanol–water partition coefficient (Wildman–Crippen LogP) is 3.63. The molecule has 0 spiro atoms. The van der Waals surface area contributed by atoms with Gasteiger partial charge >= 0.3 is 0 Å². The summed E-state index contributed by atoms with van der Waals surface area (Å²) >= 11 is 9.60. The van der Waals surface area contributed by atoms with Gasteiger partial charge in [0.15, 0.2) is 0 Å². The van der Waals surface area contributed by atoms with E-state index in [0.717, 1.165) is 22.9 Å². The summed E-state index contributed by atoms with van der Waals surface area (Å²) in [4.78, 5) is 26.0. The molecule has 1 saturated carbocycles. The summed E-state index contributed by atoms with van der Waals surface area (Å²) in [6.45, 7) is 4.73. The molecule has 0 bridgehead atoms. The van der Waals surface area contributed by atoms with Crippen molar-refractivity contribution in [3.63, 3.8) is 0 Å². The SMILES string of the molecule is C=CC(=O)N1CCC(C(=O)NC2(c3cc(Cl)cc(Br)c3)CC2)CC1. The normalized spacial score (nSPS) is 19.7. The molecule has 0 radical (unpaired) electrons. The van der Waals surface area contributed by atoms with Gasteiger partial charge in [-0.3, -0.25) is 9.59 Å². The Morgan fingerprint density at radius 1 is 1.29 bits per heavy atom. The zero-order chi connectivity index (χ0) is 17.3. The van der Waals surface area contributed by atoms with Crippen molar-refractivity contribution in [1.82, 2.24) is 10.2 Å². The van der Waals surface area contributed by atoms with Gasteiger partial charge in [-0.05, 0) is 55.5 Å². The molecule has 0 atom stereocenters. The number of amides is 2. The lowest BCUT2D eigenvalue weighted by molar-refractivity contribution is -0.132. The Kier molecular flexibility index (Phi) is 5.02. The van der Waals surface area contributed by atoms with Gasteiger partial charge in [-0.1, -0.05) is 34.1 Å². The molecule has 24 heavy (non-hydrogen) atoms. The number of nitrogens with zero attached hydrogens (tertiary/aromatic N) is 1. The maximum absolute atomic E-state index is 12.7. The summed E-state index contributed by atoms with van der Waals surface area (Å²) in [6, 6.07) is 5.78. The number of carbonyl (C=O) groups excluding carboxylic acids is 2. The topological polar surface area (TPSA) is 49.4 Å². The number of hydrogen-bond donors (Lipinski definition) is 1. The zero-order valence-electron chi connectivity index (χ0n) is 13.4. The number of likely N-dealkylation sites (tertiary alicyclic amines) is 1. The molecule has 128 valence electrons. The van der Waals surface area contributed by atoms with Crippen molar-refractivity contribution >= 4 is 39.3 Å². The van der Waals surface area contributed by atoms with E-state index in [-0.39, 0.29) is 23.3 Å². The third-order valence-corrected chi connectivity index (χ3v) is 5.56. The number of nitrogens with one attached hydrogen (secondary N) is 1. The summed E-state index contributed by atoms with van der Waals surface area (Å²) in [5.74, 6) is -0.0236. The maximum Gasteiger partial charge on any atom is 0.245 e. The van der Waals surface area contributed by atoms with Crippen molar-refractivity contribution in [1.29, 1.82) is 0 Å². The van der Waals surface area contributed by atoms with Crippen LogP contribution in [-0.2, 0) is 15.1 Å². The summed E-state index contributed by atoms with van der Waals surface area (Å²) in [5, 5.41) is 3.89. The lowest BCUT2D eigenvalue weighted by atomic mass is 9.94. The van der Waals surface area contributed by atoms with Crippen molar-refractivity contribution in [3.8, 4) is 0 Å². The molecule has 0 unspecified atom stereocenters. The Morgan fingerprint density at radius 2 is 1.96 bits per heavy atom. The maximum atomic E-state index is 12.7. The lowest BCUT2D eigenvalue weighted by Crippen LogP contribution is -2.45. The summed E-state index contributed by atoms with van der Waals surface area (Å²) in [6.07, 6.45) is 4.58. The average Bonchev–Trinajstić information content (AvgIpc) is 3.34. The molecular formula is C18H20BrClN2O2. The first kappa shape index (κ1) is 17.5. The molecule has 2 amide bonds. The Balaban J connectivity index is 1.63. The summed E-state index contributed by atoms with van der Waals surface area (Å²) in [7, 11) is 0. The highest BCUT2D eigenvalue weighted by molar-refractivity contribution is 9.10. The van der Waals surface area contributed by atoms with Gasteiger partial charge < -0.3 is 10.2 Å². The van der Waals surface area contributed by atoms with Crippen LogP contribution >= 0.6 is 27.5 Å². The van der Waals surface area contributed by atoms with Gasteiger partial charge in [0.2, 0.25) is 11.8 Å². The van der Waals surface area contributed by atoms with E-state index in [9.17, 15) is 9.59 Å². The molecule has 2 fully saturated rings. The van der Waals surface area contributed by atoms with Crippen LogP contribution in [0, 0.1) is 5.92 Å². The highest BCUT2D eigenvalue weighted by Gasteiger charge is 2.47. The quantitative estimate of drug-likeness (QED) is 0.769. The van der Waals surface area contributed by atoms with Crippen LogP contribution in [0.1, 0.15) is 31.2 Å². The Morgan fingerprint density at radius 3 is 2.50 bits per heavy atom. The van der Waals surface area contributed by atoms with Crippen molar-refractivity contribution < 1.29 is 9.59 Å². The number of halogens is 2. The van der Waals surface area contributed by atoms with Crippen LogP contribution in [0.4, 0.5) is 0 Å². The first-order chi connectivity index (χ1) is 11.4. The fourth-order valence-corrected chi connectivity index (χ4v) is 4.13. The minimum atomic E-state index is -0.279. The molecule has 2 aliphatic rings. The summed E-state index contributed by atoms with van der Waals surface area (Å²) in [5.41, 5.74) is 0.771. The average molecular weight is 412 g/mol. The van der Waals surface area contributed by atoms with Crippen LogP contribution in [0.25, 0.3) is 0 Å². The zero-order valence-corrected chi connectivity index (χ0v) is 15.7. The molecule has 1 heterocycles.